The molecule has 1 saturated heterocycles. The van der Waals surface area contributed by atoms with Gasteiger partial charge in [0, 0.05) is 25.6 Å². The van der Waals surface area contributed by atoms with E-state index in [1.54, 1.807) is 23.1 Å². The predicted octanol–water partition coefficient (Wildman–Crippen LogP) is -0.386. The molecule has 1 fully saturated rings. The van der Waals surface area contributed by atoms with Gasteiger partial charge in [-0.25, -0.2) is 4.39 Å². The number of nitrogens with zero attached hydrogens (tertiary/aromatic N) is 1. The topological polar surface area (TPSA) is 99.1 Å². The maximum Gasteiger partial charge on any atom is 0.312 e. The van der Waals surface area contributed by atoms with E-state index >= 15 is 0 Å². The van der Waals surface area contributed by atoms with E-state index in [4.69, 9.17) is 0 Å². The Morgan fingerprint density at radius 1 is 1.33 bits per heavy atom. The molecule has 1 aliphatic rings. The highest BCUT2D eigenvalue weighted by molar-refractivity contribution is 5.74. The summed E-state index contributed by atoms with van der Waals surface area (Å²) in [6, 6.07) is 6.09. The van der Waals surface area contributed by atoms with Crippen LogP contribution >= 0.6 is 0 Å². The molecule has 1 heterocycles. The van der Waals surface area contributed by atoms with Gasteiger partial charge in [0.2, 0.25) is 5.91 Å². The van der Waals surface area contributed by atoms with Gasteiger partial charge in [-0.2, -0.15) is 0 Å². The summed E-state index contributed by atoms with van der Waals surface area (Å²) in [5, 5.41) is 23.0. The average Bonchev–Trinajstić information content (AvgIpc) is 2.55. The molecule has 0 spiro atoms. The first kappa shape index (κ1) is 18.3. The third-order valence-corrected chi connectivity index (χ3v) is 4.10. The lowest BCUT2D eigenvalue weighted by molar-refractivity contribution is -0.168. The van der Waals surface area contributed by atoms with E-state index in [-0.39, 0.29) is 13.1 Å². The summed E-state index contributed by atoms with van der Waals surface area (Å²) < 4.78 is 18.6. The molecule has 2 rings (SSSR count). The summed E-state index contributed by atoms with van der Waals surface area (Å²) in [7, 11) is 1.18. The number of hydrogen-bond acceptors (Lipinski definition) is 6. The van der Waals surface area contributed by atoms with Crippen LogP contribution < -0.4 is 5.32 Å². The number of halogens is 1. The number of carbonyl (C=O) groups is 2. The van der Waals surface area contributed by atoms with E-state index in [1.165, 1.54) is 20.1 Å². The summed E-state index contributed by atoms with van der Waals surface area (Å²) in [4.78, 5) is 24.8. The Labute approximate surface area is 139 Å². The van der Waals surface area contributed by atoms with Crippen molar-refractivity contribution in [2.75, 3.05) is 13.7 Å². The van der Waals surface area contributed by atoms with Gasteiger partial charge in [-0.05, 0) is 6.07 Å². The number of rotatable bonds is 4. The number of piperidine rings is 1. The molecule has 0 radical (unpaired) electrons. The molecule has 24 heavy (non-hydrogen) atoms. The molecule has 4 atom stereocenters. The number of esters is 1. The van der Waals surface area contributed by atoms with Gasteiger partial charge < -0.3 is 20.3 Å². The van der Waals surface area contributed by atoms with Crippen molar-refractivity contribution in [3.8, 4) is 0 Å². The van der Waals surface area contributed by atoms with Crippen LogP contribution in [0.4, 0.5) is 4.39 Å². The van der Waals surface area contributed by atoms with Crippen molar-refractivity contribution in [1.29, 1.82) is 0 Å². The number of nitrogens with one attached hydrogen (secondary N) is 1. The number of amides is 1. The molecule has 0 saturated carbocycles. The van der Waals surface area contributed by atoms with Gasteiger partial charge in [0.05, 0.1) is 19.1 Å². The maximum atomic E-state index is 13.9. The van der Waals surface area contributed by atoms with Gasteiger partial charge in [-0.3, -0.25) is 14.5 Å². The standard InChI is InChI=1S/C16H21FN2O5/c1-9(20)18-15-14(22)13(21)11(16(23)24-2)8-19(15)7-10-5-3-4-6-12(10)17/h3-6,11,13-15,21-22H,7-8H2,1-2H3,(H,18,20)/t11-,13-,14-,15-/m0/s1. The quantitative estimate of drug-likeness (QED) is 0.646. The smallest absolute Gasteiger partial charge is 0.312 e. The zero-order valence-corrected chi connectivity index (χ0v) is 13.5. The van der Waals surface area contributed by atoms with E-state index in [0.29, 0.717) is 5.56 Å². The van der Waals surface area contributed by atoms with E-state index < -0.39 is 42.0 Å². The van der Waals surface area contributed by atoms with Crippen LogP contribution in [-0.4, -0.2) is 59.0 Å². The van der Waals surface area contributed by atoms with Gasteiger partial charge in [0.25, 0.3) is 0 Å². The van der Waals surface area contributed by atoms with Crippen molar-refractivity contribution in [3.05, 3.63) is 35.6 Å². The van der Waals surface area contributed by atoms with Crippen LogP contribution in [0.1, 0.15) is 12.5 Å². The molecule has 0 unspecified atom stereocenters. The lowest BCUT2D eigenvalue weighted by Gasteiger charge is -2.44. The number of ether oxygens (including phenoxy) is 1. The fourth-order valence-electron chi connectivity index (χ4n) is 2.87. The van der Waals surface area contributed by atoms with Crippen LogP contribution in [0.2, 0.25) is 0 Å². The summed E-state index contributed by atoms with van der Waals surface area (Å²) in [6.45, 7) is 1.33. The van der Waals surface area contributed by atoms with Gasteiger partial charge in [-0.15, -0.1) is 0 Å². The molecule has 1 amide bonds. The summed E-state index contributed by atoms with van der Waals surface area (Å²) in [5.74, 6) is -2.53. The van der Waals surface area contributed by atoms with Gasteiger partial charge in [0.1, 0.15) is 18.1 Å². The van der Waals surface area contributed by atoms with Crippen LogP contribution in [0.15, 0.2) is 24.3 Å². The SMILES string of the molecule is COC(=O)[C@H]1CN(Cc2ccccc2F)[C@H](NC(C)=O)[C@@H](O)[C@H]1O. The van der Waals surface area contributed by atoms with E-state index in [1.807, 2.05) is 0 Å². The first-order chi connectivity index (χ1) is 11.3. The second-order valence-electron chi connectivity index (χ2n) is 5.78. The highest BCUT2D eigenvalue weighted by atomic mass is 19.1. The van der Waals surface area contributed by atoms with Crippen molar-refractivity contribution >= 4 is 11.9 Å². The van der Waals surface area contributed by atoms with Crippen molar-refractivity contribution in [3.63, 3.8) is 0 Å². The summed E-state index contributed by atoms with van der Waals surface area (Å²) in [5.41, 5.74) is 0.347. The molecule has 7 nitrogen and oxygen atoms in total. The first-order valence-corrected chi connectivity index (χ1v) is 7.53. The van der Waals surface area contributed by atoms with Crippen LogP contribution in [0.3, 0.4) is 0 Å². The molecule has 1 aliphatic heterocycles. The number of methoxy groups -OCH3 is 1. The minimum Gasteiger partial charge on any atom is -0.469 e. The Hall–Kier alpha value is -2.03. The summed E-state index contributed by atoms with van der Waals surface area (Å²) in [6.07, 6.45) is -3.76. The summed E-state index contributed by atoms with van der Waals surface area (Å²) >= 11 is 0. The van der Waals surface area contributed by atoms with Crippen LogP contribution in [0.25, 0.3) is 0 Å². The Kier molecular flexibility index (Phi) is 5.87. The van der Waals surface area contributed by atoms with E-state index in [9.17, 15) is 24.2 Å². The zero-order valence-electron chi connectivity index (χ0n) is 13.5. The fourth-order valence-corrected chi connectivity index (χ4v) is 2.87. The van der Waals surface area contributed by atoms with E-state index in [0.717, 1.165) is 0 Å². The van der Waals surface area contributed by atoms with Gasteiger partial charge >= 0.3 is 5.97 Å². The third kappa shape index (κ3) is 3.89. The minimum atomic E-state index is -1.42. The third-order valence-electron chi connectivity index (χ3n) is 4.10. The number of hydrogen-bond donors (Lipinski definition) is 3. The molecule has 8 heteroatoms. The van der Waals surface area contributed by atoms with Gasteiger partial charge in [0.15, 0.2) is 0 Å². The lowest BCUT2D eigenvalue weighted by Crippen LogP contribution is -2.65. The molecule has 1 aromatic rings. The Balaban J connectivity index is 2.29. The zero-order chi connectivity index (χ0) is 17.9. The van der Waals surface area contributed by atoms with Crippen LogP contribution in [0, 0.1) is 11.7 Å². The highest BCUT2D eigenvalue weighted by Gasteiger charge is 2.46. The monoisotopic (exact) mass is 340 g/mol. The number of aliphatic hydroxyl groups is 2. The van der Waals surface area contributed by atoms with Crippen molar-refractivity contribution in [2.45, 2.75) is 31.8 Å². The number of carbonyl (C=O) groups excluding carboxylic acids is 2. The Bertz CT molecular complexity index is 612. The number of benzene rings is 1. The Morgan fingerprint density at radius 2 is 2.00 bits per heavy atom. The van der Waals surface area contributed by atoms with Crippen molar-refractivity contribution in [1.82, 2.24) is 10.2 Å². The van der Waals surface area contributed by atoms with Gasteiger partial charge in [-0.1, -0.05) is 18.2 Å². The molecule has 132 valence electrons. The highest BCUT2D eigenvalue weighted by Crippen LogP contribution is 2.25. The maximum absolute atomic E-state index is 13.9. The lowest BCUT2D eigenvalue weighted by atomic mass is 9.89. The molecular weight excluding hydrogens is 319 g/mol. The Morgan fingerprint density at radius 3 is 2.58 bits per heavy atom. The first-order valence-electron chi connectivity index (χ1n) is 7.53. The molecule has 0 aromatic heterocycles. The van der Waals surface area contributed by atoms with E-state index in [2.05, 4.69) is 10.1 Å². The molecule has 0 bridgehead atoms. The van der Waals surface area contributed by atoms with Crippen molar-refractivity contribution < 1.29 is 28.9 Å². The fraction of sp³-hybridized carbons (Fsp3) is 0.500. The second kappa shape index (κ2) is 7.69. The van der Waals surface area contributed by atoms with Crippen LogP contribution in [0.5, 0.6) is 0 Å². The normalized spacial score (nSPS) is 27.5. The molecular formula is C16H21FN2O5. The largest absolute Gasteiger partial charge is 0.469 e. The second-order valence-corrected chi connectivity index (χ2v) is 5.78. The average molecular weight is 340 g/mol. The predicted molar refractivity (Wildman–Crippen MR) is 81.9 cm³/mol. The number of aliphatic hydroxyl groups excluding tert-OH is 2. The molecule has 3 N–H and O–H groups in total. The molecule has 0 aliphatic carbocycles. The van der Waals surface area contributed by atoms with Crippen LogP contribution in [-0.2, 0) is 20.9 Å². The van der Waals surface area contributed by atoms with Crippen molar-refractivity contribution in [2.24, 2.45) is 5.92 Å². The number of likely N-dealkylation sites (tertiary alicyclic amines) is 1. The minimum absolute atomic E-state index is 0.00415. The molecule has 1 aromatic carbocycles.